The van der Waals surface area contributed by atoms with E-state index in [1.807, 2.05) is 46.8 Å². The first-order valence-corrected chi connectivity index (χ1v) is 9.67. The SMILES string of the molecule is Cc1cc(C)cc(OCc2ccc(C(=O)Nc3cc(C(C)C)c(O)cc3C)o2)c1. The van der Waals surface area contributed by atoms with Gasteiger partial charge in [-0.2, -0.15) is 0 Å². The Balaban J connectivity index is 1.69. The third-order valence-electron chi connectivity index (χ3n) is 4.71. The van der Waals surface area contributed by atoms with Gasteiger partial charge in [-0.05, 0) is 85.3 Å². The highest BCUT2D eigenvalue weighted by Crippen LogP contribution is 2.31. The summed E-state index contributed by atoms with van der Waals surface area (Å²) < 4.78 is 11.4. The summed E-state index contributed by atoms with van der Waals surface area (Å²) in [7, 11) is 0. The molecule has 1 amide bonds. The van der Waals surface area contributed by atoms with Gasteiger partial charge in [0.1, 0.15) is 23.9 Å². The highest BCUT2D eigenvalue weighted by atomic mass is 16.5. The Hall–Kier alpha value is -3.21. The number of phenolic OH excluding ortho intramolecular Hbond substituents is 1. The van der Waals surface area contributed by atoms with Crippen molar-refractivity contribution in [3.63, 3.8) is 0 Å². The first-order chi connectivity index (χ1) is 13.7. The second-order valence-electron chi connectivity index (χ2n) is 7.71. The molecule has 1 aromatic heterocycles. The Morgan fingerprint density at radius 1 is 1.07 bits per heavy atom. The molecule has 2 aromatic carbocycles. The number of rotatable bonds is 6. The van der Waals surface area contributed by atoms with E-state index >= 15 is 0 Å². The molecule has 2 N–H and O–H groups in total. The lowest BCUT2D eigenvalue weighted by molar-refractivity contribution is 0.0992. The predicted molar refractivity (Wildman–Crippen MR) is 114 cm³/mol. The number of carbonyl (C=O) groups excluding carboxylic acids is 1. The molecular weight excluding hydrogens is 366 g/mol. The zero-order valence-corrected chi connectivity index (χ0v) is 17.5. The average molecular weight is 393 g/mol. The zero-order valence-electron chi connectivity index (χ0n) is 17.5. The second-order valence-corrected chi connectivity index (χ2v) is 7.71. The molecule has 0 unspecified atom stereocenters. The van der Waals surface area contributed by atoms with Crippen LogP contribution in [0.2, 0.25) is 0 Å². The Kier molecular flexibility index (Phi) is 5.97. The molecule has 29 heavy (non-hydrogen) atoms. The number of aromatic hydroxyl groups is 1. The largest absolute Gasteiger partial charge is 0.508 e. The molecule has 0 spiro atoms. The van der Waals surface area contributed by atoms with Crippen molar-refractivity contribution in [1.29, 1.82) is 0 Å². The van der Waals surface area contributed by atoms with E-state index in [9.17, 15) is 9.90 Å². The van der Waals surface area contributed by atoms with Crippen LogP contribution in [0.5, 0.6) is 11.5 Å². The van der Waals surface area contributed by atoms with Crippen molar-refractivity contribution in [1.82, 2.24) is 0 Å². The van der Waals surface area contributed by atoms with Crippen LogP contribution in [-0.4, -0.2) is 11.0 Å². The van der Waals surface area contributed by atoms with E-state index in [0.29, 0.717) is 11.4 Å². The van der Waals surface area contributed by atoms with Crippen LogP contribution in [0, 0.1) is 20.8 Å². The zero-order chi connectivity index (χ0) is 21.1. The molecule has 152 valence electrons. The Morgan fingerprint density at radius 3 is 2.41 bits per heavy atom. The number of nitrogens with one attached hydrogen (secondary N) is 1. The van der Waals surface area contributed by atoms with E-state index < -0.39 is 0 Å². The second kappa shape index (κ2) is 8.43. The highest BCUT2D eigenvalue weighted by Gasteiger charge is 2.16. The van der Waals surface area contributed by atoms with Gasteiger partial charge in [0.15, 0.2) is 5.76 Å². The van der Waals surface area contributed by atoms with Crippen LogP contribution in [0.15, 0.2) is 46.9 Å². The third-order valence-corrected chi connectivity index (χ3v) is 4.71. The summed E-state index contributed by atoms with van der Waals surface area (Å²) in [5, 5.41) is 12.9. The number of amides is 1. The summed E-state index contributed by atoms with van der Waals surface area (Å²) in [4.78, 5) is 12.6. The van der Waals surface area contributed by atoms with Gasteiger partial charge < -0.3 is 19.6 Å². The Labute approximate surface area is 171 Å². The van der Waals surface area contributed by atoms with Gasteiger partial charge in [-0.3, -0.25) is 4.79 Å². The van der Waals surface area contributed by atoms with Gasteiger partial charge in [0.25, 0.3) is 5.91 Å². The van der Waals surface area contributed by atoms with Crippen LogP contribution in [0.3, 0.4) is 0 Å². The van der Waals surface area contributed by atoms with Gasteiger partial charge in [-0.15, -0.1) is 0 Å². The summed E-state index contributed by atoms with van der Waals surface area (Å²) in [6.45, 7) is 10.1. The first kappa shape index (κ1) is 20.5. The molecule has 0 bridgehead atoms. The summed E-state index contributed by atoms with van der Waals surface area (Å²) in [5.41, 5.74) is 4.48. The molecule has 0 fully saturated rings. The summed E-state index contributed by atoms with van der Waals surface area (Å²) in [5.74, 6) is 1.59. The normalized spacial score (nSPS) is 11.0. The lowest BCUT2D eigenvalue weighted by Gasteiger charge is -2.14. The van der Waals surface area contributed by atoms with Gasteiger partial charge >= 0.3 is 0 Å². The van der Waals surface area contributed by atoms with E-state index in [1.54, 1.807) is 24.3 Å². The number of furan rings is 1. The third kappa shape index (κ3) is 4.99. The van der Waals surface area contributed by atoms with E-state index in [0.717, 1.165) is 28.0 Å². The molecule has 1 heterocycles. The maximum Gasteiger partial charge on any atom is 0.291 e. The van der Waals surface area contributed by atoms with Gasteiger partial charge in [-0.1, -0.05) is 19.9 Å². The number of ether oxygens (including phenoxy) is 1. The predicted octanol–water partition coefficient (Wildman–Crippen LogP) is 5.87. The van der Waals surface area contributed by atoms with Gasteiger partial charge in [0.2, 0.25) is 0 Å². The molecule has 0 radical (unpaired) electrons. The van der Waals surface area contributed by atoms with E-state index in [4.69, 9.17) is 9.15 Å². The number of hydrogen-bond donors (Lipinski definition) is 2. The molecule has 0 atom stereocenters. The van der Waals surface area contributed by atoms with Crippen molar-refractivity contribution in [2.24, 2.45) is 0 Å². The van der Waals surface area contributed by atoms with Gasteiger partial charge in [0.05, 0.1) is 0 Å². The number of hydrogen-bond acceptors (Lipinski definition) is 4. The van der Waals surface area contributed by atoms with Crippen LogP contribution < -0.4 is 10.1 Å². The molecule has 0 aliphatic heterocycles. The van der Waals surface area contributed by atoms with Crippen molar-refractivity contribution in [3.8, 4) is 11.5 Å². The molecule has 0 aliphatic carbocycles. The van der Waals surface area contributed by atoms with E-state index in [1.165, 1.54) is 0 Å². The average Bonchev–Trinajstić information content (AvgIpc) is 3.10. The fraction of sp³-hybridized carbons (Fsp3) is 0.292. The fourth-order valence-electron chi connectivity index (χ4n) is 3.24. The number of benzene rings is 2. The Bertz CT molecular complexity index is 1010. The maximum atomic E-state index is 12.6. The van der Waals surface area contributed by atoms with Gasteiger partial charge in [-0.25, -0.2) is 0 Å². The van der Waals surface area contributed by atoms with Crippen LogP contribution in [0.4, 0.5) is 5.69 Å². The summed E-state index contributed by atoms with van der Waals surface area (Å²) in [6.07, 6.45) is 0. The topological polar surface area (TPSA) is 71.7 Å². The van der Waals surface area contributed by atoms with Crippen LogP contribution in [0.1, 0.15) is 58.3 Å². The minimum absolute atomic E-state index is 0.142. The van der Waals surface area contributed by atoms with Crippen molar-refractivity contribution in [2.75, 3.05) is 5.32 Å². The number of anilines is 1. The van der Waals surface area contributed by atoms with Crippen LogP contribution in [0.25, 0.3) is 0 Å². The number of aryl methyl sites for hydroxylation is 3. The first-order valence-electron chi connectivity index (χ1n) is 9.67. The monoisotopic (exact) mass is 393 g/mol. The summed E-state index contributed by atoms with van der Waals surface area (Å²) >= 11 is 0. The molecule has 0 saturated carbocycles. The minimum Gasteiger partial charge on any atom is -0.508 e. The molecule has 0 saturated heterocycles. The minimum atomic E-state index is -0.342. The van der Waals surface area contributed by atoms with Crippen molar-refractivity contribution < 1.29 is 19.1 Å². The van der Waals surface area contributed by atoms with Crippen molar-refractivity contribution >= 4 is 11.6 Å². The Morgan fingerprint density at radius 2 is 1.76 bits per heavy atom. The lowest BCUT2D eigenvalue weighted by atomic mass is 9.99. The molecule has 5 nitrogen and oxygen atoms in total. The standard InChI is InChI=1S/C24H27NO4/c1-14(2)20-12-21(17(5)11-22(20)26)25-24(27)23-7-6-18(29-23)13-28-19-9-15(3)8-16(4)10-19/h6-12,14,26H,13H2,1-5H3,(H,25,27). The summed E-state index contributed by atoms with van der Waals surface area (Å²) in [6, 6.07) is 12.8. The van der Waals surface area contributed by atoms with Crippen LogP contribution >= 0.6 is 0 Å². The molecule has 3 rings (SSSR count). The van der Waals surface area contributed by atoms with Crippen molar-refractivity contribution in [2.45, 2.75) is 47.1 Å². The van der Waals surface area contributed by atoms with Gasteiger partial charge in [0, 0.05) is 5.69 Å². The van der Waals surface area contributed by atoms with E-state index in [-0.39, 0.29) is 29.9 Å². The molecule has 3 aromatic rings. The quantitative estimate of drug-likeness (QED) is 0.514. The smallest absolute Gasteiger partial charge is 0.291 e. The fourth-order valence-corrected chi connectivity index (χ4v) is 3.24. The number of phenols is 1. The van der Waals surface area contributed by atoms with Crippen molar-refractivity contribution in [3.05, 3.63) is 76.2 Å². The highest BCUT2D eigenvalue weighted by molar-refractivity contribution is 6.02. The lowest BCUT2D eigenvalue weighted by Crippen LogP contribution is -2.12. The van der Waals surface area contributed by atoms with E-state index in [2.05, 4.69) is 11.4 Å². The number of carbonyl (C=O) groups is 1. The molecule has 5 heteroatoms. The molecule has 0 aliphatic rings. The van der Waals surface area contributed by atoms with Crippen LogP contribution in [-0.2, 0) is 6.61 Å². The maximum absolute atomic E-state index is 12.6. The molecular formula is C24H27NO4.